The van der Waals surface area contributed by atoms with Crippen LogP contribution in [-0.2, 0) is 17.9 Å². The largest absolute Gasteiger partial charge is 0.497 e. The summed E-state index contributed by atoms with van der Waals surface area (Å²) in [7, 11) is 1.60. The van der Waals surface area contributed by atoms with Crippen LogP contribution >= 0.6 is 0 Å². The lowest BCUT2D eigenvalue weighted by atomic mass is 10.1. The van der Waals surface area contributed by atoms with Gasteiger partial charge in [0, 0.05) is 19.2 Å². The summed E-state index contributed by atoms with van der Waals surface area (Å²) in [6, 6.07) is 15.8. The summed E-state index contributed by atoms with van der Waals surface area (Å²) in [4.78, 5) is 14.8. The summed E-state index contributed by atoms with van der Waals surface area (Å²) >= 11 is 0. The number of piperidine rings is 1. The lowest BCUT2D eigenvalue weighted by molar-refractivity contribution is -0.127. The Bertz CT molecular complexity index is 755. The molecule has 0 aliphatic carbocycles. The molecule has 0 aromatic heterocycles. The zero-order chi connectivity index (χ0) is 19.8. The quantitative estimate of drug-likeness (QED) is 0.755. The molecule has 1 aliphatic rings. The number of hydrogen-bond acceptors (Lipinski definition) is 4. The first-order valence-electron chi connectivity index (χ1n) is 10.0. The van der Waals surface area contributed by atoms with Crippen molar-refractivity contribution in [3.8, 4) is 11.5 Å². The molecule has 0 saturated carbocycles. The van der Waals surface area contributed by atoms with Gasteiger partial charge in [-0.3, -0.25) is 9.69 Å². The molecule has 0 spiro atoms. The van der Waals surface area contributed by atoms with Gasteiger partial charge in [0.25, 0.3) is 5.91 Å². The van der Waals surface area contributed by atoms with Gasteiger partial charge in [-0.1, -0.05) is 36.8 Å². The third-order valence-corrected chi connectivity index (χ3v) is 5.07. The summed E-state index contributed by atoms with van der Waals surface area (Å²) < 4.78 is 10.9. The third-order valence-electron chi connectivity index (χ3n) is 5.07. The predicted molar refractivity (Wildman–Crippen MR) is 111 cm³/mol. The number of amides is 1. The van der Waals surface area contributed by atoms with Gasteiger partial charge in [0.1, 0.15) is 11.5 Å². The van der Waals surface area contributed by atoms with Gasteiger partial charge in [0.05, 0.1) is 7.11 Å². The van der Waals surface area contributed by atoms with E-state index in [4.69, 9.17) is 9.47 Å². The van der Waals surface area contributed by atoms with Crippen LogP contribution in [0.2, 0.25) is 0 Å². The van der Waals surface area contributed by atoms with E-state index in [0.29, 0.717) is 18.0 Å². The van der Waals surface area contributed by atoms with Crippen molar-refractivity contribution < 1.29 is 14.3 Å². The molecule has 5 nitrogen and oxygen atoms in total. The SMILES string of the molecule is COc1cccc(OC(C)C(=O)NCc2ccc(CN3CCCCC3)cc2)c1. The van der Waals surface area contributed by atoms with Crippen molar-refractivity contribution in [1.82, 2.24) is 10.2 Å². The predicted octanol–water partition coefficient (Wildman–Crippen LogP) is 3.76. The summed E-state index contributed by atoms with van der Waals surface area (Å²) in [5.74, 6) is 1.18. The van der Waals surface area contributed by atoms with Crippen LogP contribution in [0.4, 0.5) is 0 Å². The van der Waals surface area contributed by atoms with Crippen LogP contribution in [0.15, 0.2) is 48.5 Å². The van der Waals surface area contributed by atoms with E-state index in [9.17, 15) is 4.79 Å². The van der Waals surface area contributed by atoms with Gasteiger partial charge in [-0.25, -0.2) is 0 Å². The number of benzene rings is 2. The molecule has 1 heterocycles. The molecule has 1 fully saturated rings. The molecule has 2 aromatic rings. The van der Waals surface area contributed by atoms with Crippen LogP contribution in [0.5, 0.6) is 11.5 Å². The maximum atomic E-state index is 12.3. The Morgan fingerprint density at radius 3 is 2.43 bits per heavy atom. The molecule has 3 rings (SSSR count). The number of rotatable bonds is 8. The van der Waals surface area contributed by atoms with E-state index in [-0.39, 0.29) is 5.91 Å². The molecule has 0 bridgehead atoms. The summed E-state index contributed by atoms with van der Waals surface area (Å²) in [6.45, 7) is 5.65. The number of hydrogen-bond donors (Lipinski definition) is 1. The van der Waals surface area contributed by atoms with Gasteiger partial charge in [-0.05, 0) is 56.1 Å². The minimum Gasteiger partial charge on any atom is -0.497 e. The summed E-state index contributed by atoms with van der Waals surface area (Å²) in [5.41, 5.74) is 2.41. The fourth-order valence-electron chi connectivity index (χ4n) is 3.40. The second-order valence-electron chi connectivity index (χ2n) is 7.31. The van der Waals surface area contributed by atoms with E-state index in [0.717, 1.165) is 12.1 Å². The lowest BCUT2D eigenvalue weighted by Gasteiger charge is -2.26. The second kappa shape index (κ2) is 10.1. The Balaban J connectivity index is 1.45. The van der Waals surface area contributed by atoms with Gasteiger partial charge < -0.3 is 14.8 Å². The fourth-order valence-corrected chi connectivity index (χ4v) is 3.40. The highest BCUT2D eigenvalue weighted by atomic mass is 16.5. The van der Waals surface area contributed by atoms with Gasteiger partial charge in [-0.15, -0.1) is 0 Å². The number of likely N-dealkylation sites (tertiary alicyclic amines) is 1. The molecule has 2 aromatic carbocycles. The average molecular weight is 383 g/mol. The third kappa shape index (κ3) is 5.99. The van der Waals surface area contributed by atoms with E-state index in [2.05, 4.69) is 34.5 Å². The number of carbonyl (C=O) groups excluding carboxylic acids is 1. The molecule has 0 radical (unpaired) electrons. The van der Waals surface area contributed by atoms with Gasteiger partial charge in [-0.2, -0.15) is 0 Å². The van der Waals surface area contributed by atoms with Crippen molar-refractivity contribution in [2.45, 2.75) is 45.4 Å². The van der Waals surface area contributed by atoms with Crippen LogP contribution in [0.25, 0.3) is 0 Å². The van der Waals surface area contributed by atoms with Gasteiger partial charge in [0.2, 0.25) is 0 Å². The van der Waals surface area contributed by atoms with Crippen molar-refractivity contribution in [1.29, 1.82) is 0 Å². The minimum absolute atomic E-state index is 0.139. The summed E-state index contributed by atoms with van der Waals surface area (Å²) in [6.07, 6.45) is 3.39. The van der Waals surface area contributed by atoms with Crippen LogP contribution in [0.3, 0.4) is 0 Å². The molecule has 1 unspecified atom stereocenters. The normalized spacial score (nSPS) is 15.6. The smallest absolute Gasteiger partial charge is 0.261 e. The Hall–Kier alpha value is -2.53. The van der Waals surface area contributed by atoms with Crippen LogP contribution in [0, 0.1) is 0 Å². The van der Waals surface area contributed by atoms with Crippen molar-refractivity contribution in [2.24, 2.45) is 0 Å². The average Bonchev–Trinajstić information content (AvgIpc) is 2.74. The maximum Gasteiger partial charge on any atom is 0.261 e. The van der Waals surface area contributed by atoms with E-state index >= 15 is 0 Å². The molecule has 1 aliphatic heterocycles. The highest BCUT2D eigenvalue weighted by molar-refractivity contribution is 5.80. The second-order valence-corrected chi connectivity index (χ2v) is 7.31. The molecular formula is C23H30N2O3. The molecule has 1 N–H and O–H groups in total. The number of nitrogens with one attached hydrogen (secondary N) is 1. The molecule has 28 heavy (non-hydrogen) atoms. The monoisotopic (exact) mass is 382 g/mol. The fraction of sp³-hybridized carbons (Fsp3) is 0.435. The molecule has 150 valence electrons. The Morgan fingerprint density at radius 1 is 1.04 bits per heavy atom. The van der Waals surface area contributed by atoms with Crippen molar-refractivity contribution in [3.63, 3.8) is 0 Å². The number of carbonyl (C=O) groups is 1. The maximum absolute atomic E-state index is 12.3. The van der Waals surface area contributed by atoms with Crippen LogP contribution in [0.1, 0.15) is 37.3 Å². The summed E-state index contributed by atoms with van der Waals surface area (Å²) in [5, 5.41) is 2.94. The van der Waals surface area contributed by atoms with Crippen LogP contribution < -0.4 is 14.8 Å². The minimum atomic E-state index is -0.578. The standard InChI is InChI=1S/C23H30N2O3/c1-18(28-22-8-6-7-21(15-22)27-2)23(26)24-16-19-9-11-20(12-10-19)17-25-13-4-3-5-14-25/h6-12,15,18H,3-5,13-14,16-17H2,1-2H3,(H,24,26). The first kappa shape index (κ1) is 20.2. The Labute approximate surface area is 167 Å². The number of methoxy groups -OCH3 is 1. The molecule has 1 amide bonds. The molecule has 1 atom stereocenters. The zero-order valence-corrected chi connectivity index (χ0v) is 16.8. The van der Waals surface area contributed by atoms with Crippen molar-refractivity contribution >= 4 is 5.91 Å². The molecular weight excluding hydrogens is 352 g/mol. The number of nitrogens with zero attached hydrogens (tertiary/aromatic N) is 1. The van der Waals surface area contributed by atoms with Crippen molar-refractivity contribution in [2.75, 3.05) is 20.2 Å². The highest BCUT2D eigenvalue weighted by Gasteiger charge is 2.15. The molecule has 5 heteroatoms. The highest BCUT2D eigenvalue weighted by Crippen LogP contribution is 2.20. The molecule has 1 saturated heterocycles. The zero-order valence-electron chi connectivity index (χ0n) is 16.8. The number of ether oxygens (including phenoxy) is 2. The first-order chi connectivity index (χ1) is 13.6. The van der Waals surface area contributed by atoms with E-state index < -0.39 is 6.10 Å². The topological polar surface area (TPSA) is 50.8 Å². The Kier molecular flexibility index (Phi) is 7.31. The van der Waals surface area contributed by atoms with E-state index in [1.807, 2.05) is 18.2 Å². The Morgan fingerprint density at radius 2 is 1.71 bits per heavy atom. The first-order valence-corrected chi connectivity index (χ1v) is 10.0. The van der Waals surface area contributed by atoms with E-state index in [1.54, 1.807) is 20.1 Å². The van der Waals surface area contributed by atoms with Gasteiger partial charge in [0.15, 0.2) is 6.10 Å². The van der Waals surface area contributed by atoms with Crippen LogP contribution in [-0.4, -0.2) is 37.1 Å². The van der Waals surface area contributed by atoms with Gasteiger partial charge >= 0.3 is 0 Å². The van der Waals surface area contributed by atoms with E-state index in [1.165, 1.54) is 37.9 Å². The lowest BCUT2D eigenvalue weighted by Crippen LogP contribution is -2.35. The van der Waals surface area contributed by atoms with Crippen molar-refractivity contribution in [3.05, 3.63) is 59.7 Å².